The van der Waals surface area contributed by atoms with Gasteiger partial charge in [0.25, 0.3) is 0 Å². The number of thiazole rings is 1. The van der Waals surface area contributed by atoms with E-state index in [-0.39, 0.29) is 5.76 Å². The van der Waals surface area contributed by atoms with E-state index in [1.807, 2.05) is 54.3 Å². The normalized spacial score (nSPS) is 14.1. The van der Waals surface area contributed by atoms with Gasteiger partial charge in [-0.2, -0.15) is 0 Å². The molecule has 2 heterocycles. The predicted octanol–water partition coefficient (Wildman–Crippen LogP) is 6.23. The van der Waals surface area contributed by atoms with Gasteiger partial charge in [0.1, 0.15) is 16.6 Å². The Bertz CT molecular complexity index is 1050. The third-order valence-corrected chi connectivity index (χ3v) is 6.22. The summed E-state index contributed by atoms with van der Waals surface area (Å²) in [5, 5.41) is 20.0. The molecule has 4 rings (SSSR count). The molecule has 5 heteroatoms. The van der Waals surface area contributed by atoms with E-state index in [1.165, 1.54) is 29.7 Å². The number of hydrogen-bond acceptors (Lipinski definition) is 4. The minimum absolute atomic E-state index is 0.207. The molecule has 2 aromatic carbocycles. The molecule has 2 N–H and O–H groups in total. The Hall–Kier alpha value is -2.92. The number of unbranched alkanes of at least 4 members (excludes halogenated alkanes) is 1. The highest BCUT2D eigenvalue weighted by Gasteiger charge is 2.31. The number of aliphatic hydroxyl groups is 1. The second kappa shape index (κ2) is 8.21. The standard InChI is InChI=1S/C24H25N3OS/c1-3-4-8-17-11-13-19(14-12-17)27-15-20(28)21(23(27)25)24-26-22(16(2)29-24)18-9-6-5-7-10-18/h5-7,9-14,25,28H,3-4,8,15H2,1-2H3. The number of nitrogens with one attached hydrogen (secondary N) is 1. The van der Waals surface area contributed by atoms with E-state index in [0.29, 0.717) is 23.0 Å². The van der Waals surface area contributed by atoms with Crippen molar-refractivity contribution in [1.82, 2.24) is 4.98 Å². The molecule has 0 unspecified atom stereocenters. The van der Waals surface area contributed by atoms with Crippen LogP contribution in [0.25, 0.3) is 16.8 Å². The summed E-state index contributed by atoms with van der Waals surface area (Å²) in [7, 11) is 0. The number of benzene rings is 2. The fourth-order valence-electron chi connectivity index (χ4n) is 3.62. The first-order chi connectivity index (χ1) is 14.1. The molecule has 3 aromatic rings. The monoisotopic (exact) mass is 403 g/mol. The molecule has 0 atom stereocenters. The molecule has 0 aliphatic carbocycles. The first-order valence-electron chi connectivity index (χ1n) is 9.99. The largest absolute Gasteiger partial charge is 0.510 e. The molecule has 1 aromatic heterocycles. The maximum atomic E-state index is 10.6. The fourth-order valence-corrected chi connectivity index (χ4v) is 4.62. The molecule has 0 radical (unpaired) electrons. The SMILES string of the molecule is CCCCc1ccc(N2CC(O)=C(c3nc(-c4ccccc4)c(C)s3)C2=N)cc1. The van der Waals surface area contributed by atoms with E-state index >= 15 is 0 Å². The summed E-state index contributed by atoms with van der Waals surface area (Å²) in [6, 6.07) is 18.4. The lowest BCUT2D eigenvalue weighted by atomic mass is 10.1. The molecule has 0 fully saturated rings. The van der Waals surface area contributed by atoms with Crippen LogP contribution in [0.3, 0.4) is 0 Å². The summed E-state index contributed by atoms with van der Waals surface area (Å²) < 4.78 is 0. The first-order valence-corrected chi connectivity index (χ1v) is 10.8. The van der Waals surface area contributed by atoms with Gasteiger partial charge in [0, 0.05) is 16.1 Å². The van der Waals surface area contributed by atoms with Crippen LogP contribution in [-0.2, 0) is 6.42 Å². The van der Waals surface area contributed by atoms with E-state index in [4.69, 9.17) is 10.4 Å². The molecular weight excluding hydrogens is 378 g/mol. The van der Waals surface area contributed by atoms with Crippen molar-refractivity contribution in [2.75, 3.05) is 11.4 Å². The molecule has 29 heavy (non-hydrogen) atoms. The number of anilines is 1. The lowest BCUT2D eigenvalue weighted by molar-refractivity contribution is 0.411. The fraction of sp³-hybridized carbons (Fsp3) is 0.250. The van der Waals surface area contributed by atoms with Gasteiger partial charge in [-0.1, -0.05) is 55.8 Å². The van der Waals surface area contributed by atoms with E-state index in [0.717, 1.165) is 28.2 Å². The topological polar surface area (TPSA) is 60.2 Å². The van der Waals surface area contributed by atoms with Crippen LogP contribution in [0.2, 0.25) is 0 Å². The number of amidine groups is 1. The van der Waals surface area contributed by atoms with Crippen LogP contribution in [-0.4, -0.2) is 22.5 Å². The van der Waals surface area contributed by atoms with Gasteiger partial charge in [0.15, 0.2) is 0 Å². The molecule has 0 bridgehead atoms. The summed E-state index contributed by atoms with van der Waals surface area (Å²) in [5.41, 5.74) is 4.74. The Balaban J connectivity index is 1.59. The van der Waals surface area contributed by atoms with Crippen LogP contribution < -0.4 is 4.90 Å². The maximum Gasteiger partial charge on any atom is 0.139 e. The number of hydrogen-bond donors (Lipinski definition) is 2. The highest BCUT2D eigenvalue weighted by Crippen LogP contribution is 2.36. The van der Waals surface area contributed by atoms with Crippen LogP contribution in [0.5, 0.6) is 0 Å². The third-order valence-electron chi connectivity index (χ3n) is 5.23. The van der Waals surface area contributed by atoms with E-state index in [9.17, 15) is 5.11 Å². The van der Waals surface area contributed by atoms with Gasteiger partial charge >= 0.3 is 0 Å². The Morgan fingerprint density at radius 1 is 1.10 bits per heavy atom. The number of aromatic nitrogens is 1. The molecule has 4 nitrogen and oxygen atoms in total. The van der Waals surface area contributed by atoms with Crippen LogP contribution in [0, 0.1) is 12.3 Å². The van der Waals surface area contributed by atoms with Crippen LogP contribution in [0.15, 0.2) is 60.4 Å². The van der Waals surface area contributed by atoms with Gasteiger partial charge in [0.2, 0.25) is 0 Å². The third kappa shape index (κ3) is 3.83. The predicted molar refractivity (Wildman–Crippen MR) is 122 cm³/mol. The second-order valence-corrected chi connectivity index (χ2v) is 8.52. The van der Waals surface area contributed by atoms with Crippen molar-refractivity contribution in [3.05, 3.63) is 75.8 Å². The van der Waals surface area contributed by atoms with E-state index in [2.05, 4.69) is 19.1 Å². The lowest BCUT2D eigenvalue weighted by Gasteiger charge is -2.19. The zero-order valence-electron chi connectivity index (χ0n) is 16.8. The second-order valence-electron chi connectivity index (χ2n) is 7.32. The van der Waals surface area contributed by atoms with Crippen molar-refractivity contribution in [2.24, 2.45) is 0 Å². The van der Waals surface area contributed by atoms with Crippen molar-refractivity contribution < 1.29 is 5.11 Å². The van der Waals surface area contributed by atoms with Gasteiger partial charge in [-0.3, -0.25) is 5.41 Å². The average Bonchev–Trinajstić information content (AvgIpc) is 3.26. The Morgan fingerprint density at radius 2 is 1.83 bits per heavy atom. The van der Waals surface area contributed by atoms with Crippen molar-refractivity contribution in [2.45, 2.75) is 33.1 Å². The average molecular weight is 404 g/mol. The molecule has 0 saturated carbocycles. The Kier molecular flexibility index (Phi) is 5.49. The molecule has 0 spiro atoms. The quantitative estimate of drug-likeness (QED) is 0.513. The van der Waals surface area contributed by atoms with Crippen LogP contribution in [0.4, 0.5) is 5.69 Å². The van der Waals surface area contributed by atoms with Crippen molar-refractivity contribution in [1.29, 1.82) is 5.41 Å². The summed E-state index contributed by atoms with van der Waals surface area (Å²) in [6.07, 6.45) is 3.43. The Morgan fingerprint density at radius 3 is 2.52 bits per heavy atom. The van der Waals surface area contributed by atoms with Gasteiger partial charge in [0.05, 0.1) is 17.8 Å². The van der Waals surface area contributed by atoms with Crippen LogP contribution in [0.1, 0.15) is 35.2 Å². The molecule has 1 aliphatic heterocycles. The zero-order chi connectivity index (χ0) is 20.4. The molecule has 0 amide bonds. The summed E-state index contributed by atoms with van der Waals surface area (Å²) in [6.45, 7) is 4.54. The Labute approximate surface area is 175 Å². The minimum atomic E-state index is 0.207. The van der Waals surface area contributed by atoms with Gasteiger partial charge in [-0.25, -0.2) is 4.98 Å². The van der Waals surface area contributed by atoms with E-state index < -0.39 is 0 Å². The van der Waals surface area contributed by atoms with Crippen LogP contribution >= 0.6 is 11.3 Å². The number of rotatable bonds is 6. The molecule has 148 valence electrons. The highest BCUT2D eigenvalue weighted by molar-refractivity contribution is 7.13. The zero-order valence-corrected chi connectivity index (χ0v) is 17.6. The molecule has 0 saturated heterocycles. The maximum absolute atomic E-state index is 10.6. The van der Waals surface area contributed by atoms with E-state index in [1.54, 1.807) is 0 Å². The summed E-state index contributed by atoms with van der Waals surface area (Å²) in [4.78, 5) is 7.69. The smallest absolute Gasteiger partial charge is 0.139 e. The van der Waals surface area contributed by atoms with Crippen molar-refractivity contribution in [3.8, 4) is 11.3 Å². The lowest BCUT2D eigenvalue weighted by Crippen LogP contribution is -2.25. The highest BCUT2D eigenvalue weighted by atomic mass is 32.1. The summed E-state index contributed by atoms with van der Waals surface area (Å²) >= 11 is 1.53. The van der Waals surface area contributed by atoms with Crippen molar-refractivity contribution >= 4 is 28.4 Å². The number of nitrogens with zero attached hydrogens (tertiary/aromatic N) is 2. The number of aliphatic hydroxyl groups excluding tert-OH is 1. The minimum Gasteiger partial charge on any atom is -0.510 e. The first kappa shape index (κ1) is 19.4. The van der Waals surface area contributed by atoms with Gasteiger partial charge in [-0.15, -0.1) is 11.3 Å². The van der Waals surface area contributed by atoms with Gasteiger partial charge < -0.3 is 10.0 Å². The molecular formula is C24H25N3OS. The van der Waals surface area contributed by atoms with Gasteiger partial charge in [-0.05, 0) is 37.5 Å². The number of aryl methyl sites for hydroxylation is 2. The van der Waals surface area contributed by atoms with Crippen molar-refractivity contribution in [3.63, 3.8) is 0 Å². The molecule has 1 aliphatic rings. The summed E-state index contributed by atoms with van der Waals surface area (Å²) in [5.74, 6) is 0.510.